The largest absolute Gasteiger partial charge is 0.492 e. The van der Waals surface area contributed by atoms with Gasteiger partial charge in [0.1, 0.15) is 18.2 Å². The highest BCUT2D eigenvalue weighted by Gasteiger charge is 2.20. The van der Waals surface area contributed by atoms with Gasteiger partial charge in [0.15, 0.2) is 0 Å². The number of aliphatic hydroxyl groups excluding tert-OH is 1. The minimum absolute atomic E-state index is 0.258. The molecule has 0 aliphatic carbocycles. The highest BCUT2D eigenvalue weighted by molar-refractivity contribution is 5.62. The van der Waals surface area contributed by atoms with Crippen molar-refractivity contribution in [2.45, 2.75) is 25.6 Å². The number of aromatic nitrogens is 2. The fourth-order valence-electron chi connectivity index (χ4n) is 4.30. The molecule has 6 heteroatoms. The molecule has 3 aromatic carbocycles. The van der Waals surface area contributed by atoms with Gasteiger partial charge in [-0.05, 0) is 47.5 Å². The number of hydrogen-bond acceptors (Lipinski definition) is 4. The van der Waals surface area contributed by atoms with Gasteiger partial charge in [-0.25, -0.2) is 4.39 Å². The Morgan fingerprint density at radius 3 is 2.70 bits per heavy atom. The maximum absolute atomic E-state index is 13.3. The monoisotopic (exact) mass is 443 g/mol. The van der Waals surface area contributed by atoms with Gasteiger partial charge >= 0.3 is 0 Å². The molecule has 1 aliphatic heterocycles. The molecule has 5 rings (SSSR count). The van der Waals surface area contributed by atoms with Crippen molar-refractivity contribution in [3.63, 3.8) is 0 Å². The zero-order chi connectivity index (χ0) is 22.6. The minimum Gasteiger partial charge on any atom is -0.492 e. The Kier molecular flexibility index (Phi) is 6.19. The summed E-state index contributed by atoms with van der Waals surface area (Å²) in [5.74, 6) is 0.602. The highest BCUT2D eigenvalue weighted by atomic mass is 19.1. The van der Waals surface area contributed by atoms with Crippen molar-refractivity contribution >= 4 is 0 Å². The van der Waals surface area contributed by atoms with Crippen molar-refractivity contribution < 1.29 is 14.2 Å². The first kappa shape index (κ1) is 21.4. The molecule has 0 amide bonds. The van der Waals surface area contributed by atoms with E-state index in [1.165, 1.54) is 12.1 Å². The maximum atomic E-state index is 13.3. The summed E-state index contributed by atoms with van der Waals surface area (Å²) in [5.41, 5.74) is 5.90. The number of aromatic amines is 1. The normalized spacial score (nSPS) is 14.8. The SMILES string of the molecule is O[C@@H](Cc1ccccc1)c1ccc2c(c1)CN(Cc1cn[nH]c1-c1ccc(F)cc1)CCO2. The quantitative estimate of drug-likeness (QED) is 0.446. The molecule has 33 heavy (non-hydrogen) atoms. The van der Waals surface area contributed by atoms with Crippen LogP contribution in [0, 0.1) is 5.82 Å². The molecule has 5 nitrogen and oxygen atoms in total. The number of rotatable bonds is 6. The van der Waals surface area contributed by atoms with E-state index in [1.54, 1.807) is 12.1 Å². The van der Waals surface area contributed by atoms with Gasteiger partial charge < -0.3 is 9.84 Å². The molecular formula is C27H26FN3O2. The Morgan fingerprint density at radius 1 is 1.06 bits per heavy atom. The highest BCUT2D eigenvalue weighted by Crippen LogP contribution is 2.30. The fourth-order valence-corrected chi connectivity index (χ4v) is 4.30. The molecule has 0 spiro atoms. The smallest absolute Gasteiger partial charge is 0.123 e. The van der Waals surface area contributed by atoms with Gasteiger partial charge in [-0.2, -0.15) is 5.10 Å². The zero-order valence-electron chi connectivity index (χ0n) is 18.2. The molecule has 1 aliphatic rings. The molecule has 4 aromatic rings. The van der Waals surface area contributed by atoms with E-state index >= 15 is 0 Å². The van der Waals surface area contributed by atoms with Crippen LogP contribution in [-0.4, -0.2) is 33.4 Å². The molecule has 2 N–H and O–H groups in total. The summed E-state index contributed by atoms with van der Waals surface area (Å²) in [6.07, 6.45) is 1.82. The lowest BCUT2D eigenvalue weighted by atomic mass is 9.99. The van der Waals surface area contributed by atoms with E-state index in [1.807, 2.05) is 48.7 Å². The van der Waals surface area contributed by atoms with E-state index in [9.17, 15) is 9.50 Å². The number of nitrogens with zero attached hydrogens (tertiary/aromatic N) is 2. The summed E-state index contributed by atoms with van der Waals surface area (Å²) in [4.78, 5) is 2.30. The van der Waals surface area contributed by atoms with Gasteiger partial charge in [0.25, 0.3) is 0 Å². The second-order valence-corrected chi connectivity index (χ2v) is 8.41. The van der Waals surface area contributed by atoms with Gasteiger partial charge in [-0.15, -0.1) is 0 Å². The van der Waals surface area contributed by atoms with Crippen LogP contribution in [-0.2, 0) is 19.5 Å². The Morgan fingerprint density at radius 2 is 1.88 bits per heavy atom. The standard InChI is InChI=1S/C27H26FN3O2/c28-24-9-6-20(7-10-24)27-23(16-29-30-27)18-31-12-13-33-26-11-8-21(15-22(26)17-31)25(32)14-19-4-2-1-3-5-19/h1-11,15-16,25,32H,12-14,17-18H2,(H,29,30)/t25-/m0/s1. The van der Waals surface area contributed by atoms with E-state index in [2.05, 4.69) is 21.2 Å². The molecule has 0 fully saturated rings. The number of benzene rings is 3. The van der Waals surface area contributed by atoms with Gasteiger partial charge in [0.2, 0.25) is 0 Å². The number of hydrogen-bond donors (Lipinski definition) is 2. The average Bonchev–Trinajstić information content (AvgIpc) is 3.19. The van der Waals surface area contributed by atoms with Crippen LogP contribution < -0.4 is 4.74 Å². The van der Waals surface area contributed by atoms with Crippen LogP contribution in [0.1, 0.15) is 28.4 Å². The van der Waals surface area contributed by atoms with Gasteiger partial charge in [-0.1, -0.05) is 36.4 Å². The van der Waals surface area contributed by atoms with Crippen LogP contribution >= 0.6 is 0 Å². The van der Waals surface area contributed by atoms with Crippen LogP contribution in [0.15, 0.2) is 79.0 Å². The number of nitrogens with one attached hydrogen (secondary N) is 1. The first-order valence-corrected chi connectivity index (χ1v) is 11.1. The maximum Gasteiger partial charge on any atom is 0.123 e. The molecule has 0 radical (unpaired) electrons. The lowest BCUT2D eigenvalue weighted by Crippen LogP contribution is -2.25. The van der Waals surface area contributed by atoms with Crippen LogP contribution in [0.2, 0.25) is 0 Å². The first-order valence-electron chi connectivity index (χ1n) is 11.1. The van der Waals surface area contributed by atoms with Crippen LogP contribution in [0.25, 0.3) is 11.3 Å². The summed E-state index contributed by atoms with van der Waals surface area (Å²) in [5, 5.41) is 18.1. The molecule has 0 bridgehead atoms. The lowest BCUT2D eigenvalue weighted by molar-refractivity contribution is 0.178. The number of halogens is 1. The van der Waals surface area contributed by atoms with Crippen LogP contribution in [0.4, 0.5) is 4.39 Å². The summed E-state index contributed by atoms with van der Waals surface area (Å²) < 4.78 is 19.3. The fraction of sp³-hybridized carbons (Fsp3) is 0.222. The van der Waals surface area contributed by atoms with Crippen molar-refractivity contribution in [3.8, 4) is 17.0 Å². The average molecular weight is 444 g/mol. The van der Waals surface area contributed by atoms with E-state index in [4.69, 9.17) is 4.74 Å². The topological polar surface area (TPSA) is 61.4 Å². The summed E-state index contributed by atoms with van der Waals surface area (Å²) >= 11 is 0. The predicted octanol–water partition coefficient (Wildman–Crippen LogP) is 4.89. The van der Waals surface area contributed by atoms with E-state index in [-0.39, 0.29) is 5.82 Å². The third-order valence-corrected chi connectivity index (χ3v) is 6.04. The Bertz CT molecular complexity index is 1210. The number of ether oxygens (including phenoxy) is 1. The molecule has 0 unspecified atom stereocenters. The van der Waals surface area contributed by atoms with Crippen molar-refractivity contribution in [2.24, 2.45) is 0 Å². The third kappa shape index (κ3) is 4.97. The Balaban J connectivity index is 1.33. The zero-order valence-corrected chi connectivity index (χ0v) is 18.2. The molecule has 1 atom stereocenters. The van der Waals surface area contributed by atoms with Crippen LogP contribution in [0.3, 0.4) is 0 Å². The van der Waals surface area contributed by atoms with Crippen molar-refractivity contribution in [1.82, 2.24) is 15.1 Å². The second kappa shape index (κ2) is 9.57. The van der Waals surface area contributed by atoms with Crippen molar-refractivity contribution in [1.29, 1.82) is 0 Å². The molecule has 2 heterocycles. The summed E-state index contributed by atoms with van der Waals surface area (Å²) in [6, 6.07) is 22.4. The summed E-state index contributed by atoms with van der Waals surface area (Å²) in [7, 11) is 0. The van der Waals surface area contributed by atoms with Gasteiger partial charge in [-0.3, -0.25) is 10.00 Å². The second-order valence-electron chi connectivity index (χ2n) is 8.41. The minimum atomic E-state index is -0.576. The third-order valence-electron chi connectivity index (χ3n) is 6.04. The number of aliphatic hydroxyl groups is 1. The van der Waals surface area contributed by atoms with E-state index < -0.39 is 6.10 Å². The molecular weight excluding hydrogens is 417 g/mol. The van der Waals surface area contributed by atoms with E-state index in [0.717, 1.165) is 45.8 Å². The molecule has 1 aromatic heterocycles. The van der Waals surface area contributed by atoms with Gasteiger partial charge in [0, 0.05) is 42.7 Å². The Labute approximate surface area is 192 Å². The summed E-state index contributed by atoms with van der Waals surface area (Å²) in [6.45, 7) is 2.74. The first-order chi connectivity index (χ1) is 16.2. The van der Waals surface area contributed by atoms with Crippen molar-refractivity contribution in [2.75, 3.05) is 13.2 Å². The Hall–Kier alpha value is -3.48. The molecule has 0 saturated heterocycles. The molecule has 168 valence electrons. The number of fused-ring (bicyclic) bond motifs is 1. The van der Waals surface area contributed by atoms with Crippen molar-refractivity contribution in [3.05, 3.63) is 107 Å². The van der Waals surface area contributed by atoms with Gasteiger partial charge in [0.05, 0.1) is 18.0 Å². The molecule has 0 saturated carbocycles. The number of H-pyrrole nitrogens is 1. The van der Waals surface area contributed by atoms with Crippen LogP contribution in [0.5, 0.6) is 5.75 Å². The lowest BCUT2D eigenvalue weighted by Gasteiger charge is -2.20. The predicted molar refractivity (Wildman–Crippen MR) is 125 cm³/mol. The van der Waals surface area contributed by atoms with E-state index in [0.29, 0.717) is 26.1 Å².